The molecule has 0 radical (unpaired) electrons. The number of H-pyrrole nitrogens is 1. The Hall–Kier alpha value is -2.78. The Balaban J connectivity index is 1.35. The van der Waals surface area contributed by atoms with Gasteiger partial charge in [-0.25, -0.2) is 13.1 Å². The van der Waals surface area contributed by atoms with Crippen molar-refractivity contribution < 1.29 is 8.42 Å². The first-order valence-electron chi connectivity index (χ1n) is 12.2. The predicted octanol–water partition coefficient (Wildman–Crippen LogP) is 7.27. The first-order chi connectivity index (χ1) is 17.5. The molecule has 0 amide bonds. The van der Waals surface area contributed by atoms with Gasteiger partial charge in [-0.3, -0.25) is 5.10 Å². The number of benzene rings is 2. The van der Waals surface area contributed by atoms with E-state index in [1.807, 2.05) is 35.7 Å². The molecule has 0 bridgehead atoms. The quantitative estimate of drug-likeness (QED) is 0.175. The molecule has 0 spiro atoms. The van der Waals surface area contributed by atoms with E-state index in [9.17, 15) is 8.42 Å². The number of aryl methyl sites for hydroxylation is 1. The molecule has 0 atom stereocenters. The van der Waals surface area contributed by atoms with Crippen molar-refractivity contribution in [1.82, 2.24) is 14.9 Å². The third kappa shape index (κ3) is 5.47. The number of fused-ring (bicyclic) bond motifs is 1. The van der Waals surface area contributed by atoms with E-state index in [4.69, 9.17) is 0 Å². The first-order valence-corrected chi connectivity index (χ1v) is 15.4. The van der Waals surface area contributed by atoms with E-state index in [1.54, 1.807) is 34.8 Å². The molecule has 0 saturated heterocycles. The summed E-state index contributed by atoms with van der Waals surface area (Å²) in [7, 11) is -3.60. The molecule has 8 heteroatoms. The normalized spacial score (nSPS) is 11.9. The Bertz CT molecular complexity index is 1500. The van der Waals surface area contributed by atoms with E-state index in [-0.39, 0.29) is 6.54 Å². The van der Waals surface area contributed by atoms with E-state index in [2.05, 4.69) is 46.1 Å². The van der Waals surface area contributed by atoms with Crippen LogP contribution in [-0.2, 0) is 22.9 Å². The molecule has 5 nitrogen and oxygen atoms in total. The van der Waals surface area contributed by atoms with E-state index < -0.39 is 10.0 Å². The number of rotatable bonds is 11. The van der Waals surface area contributed by atoms with Crippen LogP contribution in [0.3, 0.4) is 0 Å². The fraction of sp³-hybridized carbons (Fsp3) is 0.250. The number of sulfonamides is 1. The summed E-state index contributed by atoms with van der Waals surface area (Å²) in [5.74, 6) is 0. The molecule has 0 fully saturated rings. The maximum absolute atomic E-state index is 13.0. The smallest absolute Gasteiger partial charge is 0.240 e. The van der Waals surface area contributed by atoms with Crippen LogP contribution in [-0.4, -0.2) is 25.2 Å². The zero-order valence-corrected chi connectivity index (χ0v) is 22.6. The number of hydrogen-bond donors (Lipinski definition) is 2. The molecule has 0 aliphatic rings. The number of hydrogen-bond acceptors (Lipinski definition) is 5. The number of aromatic amines is 1. The molecular formula is C28H29N3O2S3. The van der Waals surface area contributed by atoms with Crippen molar-refractivity contribution in [2.75, 3.05) is 6.54 Å². The highest BCUT2D eigenvalue weighted by molar-refractivity contribution is 7.89. The minimum atomic E-state index is -3.60. The van der Waals surface area contributed by atoms with Gasteiger partial charge in [0, 0.05) is 16.8 Å². The van der Waals surface area contributed by atoms with E-state index in [1.165, 1.54) is 28.5 Å². The number of unbranched alkanes of at least 4 members (excludes halogenated alkanes) is 2. The Morgan fingerprint density at radius 2 is 1.78 bits per heavy atom. The second-order valence-electron chi connectivity index (χ2n) is 8.80. The standard InChI is InChI=1S/C28H29N3O2S3/c1-2-3-4-8-20-12-14-22(15-13-20)36(32,33)29-17-16-23-27(25-11-7-18-34-25)30-31-28(23)26-19-21-9-5-6-10-24(21)35-26/h5-7,9-15,18-19,29H,2-4,8,16-17H2,1H3,(H,30,31). The van der Waals surface area contributed by atoms with Crippen molar-refractivity contribution in [3.8, 4) is 21.1 Å². The largest absolute Gasteiger partial charge is 0.276 e. The molecule has 5 aromatic rings. The number of nitrogens with zero attached hydrogens (tertiary/aromatic N) is 1. The Labute approximate surface area is 220 Å². The average molecular weight is 536 g/mol. The van der Waals surface area contributed by atoms with Crippen LogP contribution < -0.4 is 4.72 Å². The highest BCUT2D eigenvalue weighted by Crippen LogP contribution is 2.38. The molecule has 2 N–H and O–H groups in total. The summed E-state index contributed by atoms with van der Waals surface area (Å²) >= 11 is 3.34. The summed E-state index contributed by atoms with van der Waals surface area (Å²) < 4.78 is 30.0. The molecule has 0 saturated carbocycles. The lowest BCUT2D eigenvalue weighted by Gasteiger charge is -2.09. The Kier molecular flexibility index (Phi) is 7.67. The van der Waals surface area contributed by atoms with E-state index in [0.717, 1.165) is 39.5 Å². The SMILES string of the molecule is CCCCCc1ccc(S(=O)(=O)NCCc2c(-c3cc4ccccc4s3)n[nH]c2-c2cccs2)cc1. The van der Waals surface area contributed by atoms with Gasteiger partial charge < -0.3 is 0 Å². The molecular weight excluding hydrogens is 507 g/mol. The lowest BCUT2D eigenvalue weighted by atomic mass is 10.1. The molecule has 0 unspecified atom stereocenters. The number of aromatic nitrogens is 2. The summed E-state index contributed by atoms with van der Waals surface area (Å²) in [5, 5.41) is 11.1. The lowest BCUT2D eigenvalue weighted by molar-refractivity contribution is 0.581. The summed E-state index contributed by atoms with van der Waals surface area (Å²) in [4.78, 5) is 2.47. The lowest BCUT2D eigenvalue weighted by Crippen LogP contribution is -2.26. The van der Waals surface area contributed by atoms with E-state index in [0.29, 0.717) is 11.3 Å². The van der Waals surface area contributed by atoms with Crippen LogP contribution in [0.15, 0.2) is 77.0 Å². The van der Waals surface area contributed by atoms with Crippen LogP contribution in [0, 0.1) is 0 Å². The summed E-state index contributed by atoms with van der Waals surface area (Å²) in [6.45, 7) is 2.47. The van der Waals surface area contributed by atoms with Crippen LogP contribution in [0.1, 0.15) is 37.3 Å². The van der Waals surface area contributed by atoms with Gasteiger partial charge in [0.15, 0.2) is 0 Å². The minimum Gasteiger partial charge on any atom is -0.276 e. The molecule has 3 aromatic heterocycles. The highest BCUT2D eigenvalue weighted by Gasteiger charge is 2.20. The maximum Gasteiger partial charge on any atom is 0.240 e. The van der Waals surface area contributed by atoms with Crippen molar-refractivity contribution in [3.63, 3.8) is 0 Å². The van der Waals surface area contributed by atoms with Crippen molar-refractivity contribution in [1.29, 1.82) is 0 Å². The Morgan fingerprint density at radius 1 is 0.944 bits per heavy atom. The molecule has 0 aliphatic heterocycles. The zero-order chi connectivity index (χ0) is 25.0. The molecule has 5 rings (SSSR count). The van der Waals surface area contributed by atoms with Gasteiger partial charge in [0.25, 0.3) is 0 Å². The topological polar surface area (TPSA) is 74.8 Å². The molecule has 36 heavy (non-hydrogen) atoms. The van der Waals surface area contributed by atoms with Crippen molar-refractivity contribution in [2.24, 2.45) is 0 Å². The van der Waals surface area contributed by atoms with Crippen molar-refractivity contribution >= 4 is 42.8 Å². The van der Waals surface area contributed by atoms with Gasteiger partial charge in [-0.15, -0.1) is 22.7 Å². The number of thiophene rings is 2. The third-order valence-corrected chi connectivity index (χ3v) is 9.75. The van der Waals surface area contributed by atoms with Gasteiger partial charge >= 0.3 is 0 Å². The number of nitrogens with one attached hydrogen (secondary N) is 2. The summed E-state index contributed by atoms with van der Waals surface area (Å²) in [6.07, 6.45) is 4.99. The van der Waals surface area contributed by atoms with Gasteiger partial charge in [0.05, 0.1) is 20.3 Å². The van der Waals surface area contributed by atoms with Gasteiger partial charge in [0.2, 0.25) is 10.0 Å². The van der Waals surface area contributed by atoms with Crippen LogP contribution in [0.5, 0.6) is 0 Å². The molecule has 0 aliphatic carbocycles. The van der Waals surface area contributed by atoms with Crippen LogP contribution >= 0.6 is 22.7 Å². The van der Waals surface area contributed by atoms with Crippen LogP contribution in [0.4, 0.5) is 0 Å². The van der Waals surface area contributed by atoms with Gasteiger partial charge in [-0.1, -0.05) is 56.2 Å². The average Bonchev–Trinajstić information content (AvgIpc) is 3.63. The zero-order valence-electron chi connectivity index (χ0n) is 20.2. The Morgan fingerprint density at radius 3 is 2.53 bits per heavy atom. The second-order valence-corrected chi connectivity index (χ2v) is 12.6. The summed E-state index contributed by atoms with van der Waals surface area (Å²) in [5.41, 5.74) is 4.04. The minimum absolute atomic E-state index is 0.288. The fourth-order valence-electron chi connectivity index (χ4n) is 4.34. The van der Waals surface area contributed by atoms with Crippen LogP contribution in [0.25, 0.3) is 31.2 Å². The fourth-order valence-corrected chi connectivity index (χ4v) is 7.20. The van der Waals surface area contributed by atoms with Gasteiger partial charge in [-0.2, -0.15) is 5.10 Å². The van der Waals surface area contributed by atoms with Gasteiger partial charge in [-0.05, 0) is 65.9 Å². The van der Waals surface area contributed by atoms with E-state index >= 15 is 0 Å². The van der Waals surface area contributed by atoms with Crippen molar-refractivity contribution in [2.45, 2.75) is 43.9 Å². The molecule has 2 aromatic carbocycles. The van der Waals surface area contributed by atoms with Gasteiger partial charge in [0.1, 0.15) is 5.69 Å². The van der Waals surface area contributed by atoms with Crippen molar-refractivity contribution in [3.05, 3.63) is 83.2 Å². The predicted molar refractivity (Wildman–Crippen MR) is 151 cm³/mol. The van der Waals surface area contributed by atoms with Crippen LogP contribution in [0.2, 0.25) is 0 Å². The first kappa shape index (κ1) is 24.9. The molecule has 186 valence electrons. The molecule has 3 heterocycles. The summed E-state index contributed by atoms with van der Waals surface area (Å²) in [6, 6.07) is 21.8. The third-order valence-electron chi connectivity index (χ3n) is 6.26. The maximum atomic E-state index is 13.0. The second kappa shape index (κ2) is 11.1. The highest BCUT2D eigenvalue weighted by atomic mass is 32.2. The monoisotopic (exact) mass is 535 g/mol.